The van der Waals surface area contributed by atoms with Crippen LogP contribution in [-0.4, -0.2) is 41.0 Å². The standard InChI is InChI=1S/C23H22N4O4S/c1-2-31-22(30)17-10-12-18(13-11-17)25-20(28)15-19-21(29)26-23(32-19)27-24-14-6-9-16-7-4-3-5-8-16/h3-14,19H,2,15H2,1H3,(H,25,28)(H,26,27,29)/b9-6+,24-14-. The summed E-state index contributed by atoms with van der Waals surface area (Å²) in [5.41, 5.74) is 1.96. The predicted octanol–water partition coefficient (Wildman–Crippen LogP) is 3.48. The van der Waals surface area contributed by atoms with Crippen LogP contribution in [0.1, 0.15) is 29.3 Å². The first-order valence-corrected chi connectivity index (χ1v) is 10.8. The van der Waals surface area contributed by atoms with Crippen LogP contribution in [0.25, 0.3) is 6.08 Å². The Morgan fingerprint density at radius 1 is 1.16 bits per heavy atom. The van der Waals surface area contributed by atoms with Crippen LogP contribution in [-0.2, 0) is 14.3 Å². The van der Waals surface area contributed by atoms with Crippen LogP contribution >= 0.6 is 11.8 Å². The molecular formula is C23H22N4O4S. The minimum atomic E-state index is -0.595. The van der Waals surface area contributed by atoms with Crippen LogP contribution in [0.3, 0.4) is 0 Å². The molecule has 0 aromatic heterocycles. The highest BCUT2D eigenvalue weighted by molar-refractivity contribution is 8.15. The smallest absolute Gasteiger partial charge is 0.338 e. The summed E-state index contributed by atoms with van der Waals surface area (Å²) in [5, 5.41) is 13.0. The van der Waals surface area contributed by atoms with Crippen LogP contribution in [0.5, 0.6) is 0 Å². The number of anilines is 1. The molecule has 1 saturated heterocycles. The maximum Gasteiger partial charge on any atom is 0.338 e. The van der Waals surface area contributed by atoms with E-state index in [0.29, 0.717) is 23.0 Å². The second-order valence-electron chi connectivity index (χ2n) is 6.59. The molecule has 1 heterocycles. The van der Waals surface area contributed by atoms with Gasteiger partial charge in [-0.1, -0.05) is 48.2 Å². The first kappa shape index (κ1) is 23.0. The van der Waals surface area contributed by atoms with Gasteiger partial charge in [-0.25, -0.2) is 4.79 Å². The number of esters is 1. The lowest BCUT2D eigenvalue weighted by atomic mass is 10.2. The molecule has 0 saturated carbocycles. The van der Waals surface area contributed by atoms with Gasteiger partial charge in [-0.05, 0) is 42.8 Å². The first-order valence-electron chi connectivity index (χ1n) is 9.92. The number of hydrogen-bond acceptors (Lipinski definition) is 7. The third-order valence-corrected chi connectivity index (χ3v) is 5.29. The average Bonchev–Trinajstić information content (AvgIpc) is 3.13. The number of rotatable bonds is 8. The van der Waals surface area contributed by atoms with E-state index in [-0.39, 0.29) is 18.2 Å². The molecule has 0 bridgehead atoms. The lowest BCUT2D eigenvalue weighted by Gasteiger charge is -2.08. The van der Waals surface area contributed by atoms with Gasteiger partial charge in [-0.3, -0.25) is 9.59 Å². The first-order chi connectivity index (χ1) is 15.5. The zero-order valence-corrected chi connectivity index (χ0v) is 18.2. The Morgan fingerprint density at radius 3 is 2.62 bits per heavy atom. The van der Waals surface area contributed by atoms with Crippen molar-refractivity contribution in [1.29, 1.82) is 0 Å². The normalized spacial score (nSPS) is 17.1. The second-order valence-corrected chi connectivity index (χ2v) is 7.78. The van der Waals surface area contributed by atoms with Gasteiger partial charge in [0.1, 0.15) is 5.25 Å². The van der Waals surface area contributed by atoms with Gasteiger partial charge >= 0.3 is 5.97 Å². The third-order valence-electron chi connectivity index (χ3n) is 4.22. The van der Waals surface area contributed by atoms with Crippen LogP contribution in [0, 0.1) is 0 Å². The molecule has 2 aromatic rings. The van der Waals surface area contributed by atoms with E-state index in [1.807, 2.05) is 36.4 Å². The molecule has 1 aliphatic heterocycles. The zero-order valence-electron chi connectivity index (χ0n) is 17.4. The number of carbonyl (C=O) groups is 3. The Bertz CT molecular complexity index is 1050. The molecule has 0 spiro atoms. The molecule has 2 N–H and O–H groups in total. The Kier molecular flexibility index (Phi) is 8.33. The number of benzene rings is 2. The minimum Gasteiger partial charge on any atom is -0.462 e. The second kappa shape index (κ2) is 11.6. The summed E-state index contributed by atoms with van der Waals surface area (Å²) in [6.45, 7) is 2.02. The van der Waals surface area contributed by atoms with Gasteiger partial charge in [-0.2, -0.15) is 5.10 Å². The van der Waals surface area contributed by atoms with Crippen LogP contribution < -0.4 is 10.6 Å². The van der Waals surface area contributed by atoms with Gasteiger partial charge in [0.25, 0.3) is 0 Å². The molecule has 3 rings (SSSR count). The lowest BCUT2D eigenvalue weighted by Crippen LogP contribution is -2.28. The molecule has 0 aliphatic carbocycles. The summed E-state index contributed by atoms with van der Waals surface area (Å²) >= 11 is 1.15. The van der Waals surface area contributed by atoms with Crippen molar-refractivity contribution in [3.63, 3.8) is 0 Å². The fourth-order valence-electron chi connectivity index (χ4n) is 2.71. The van der Waals surface area contributed by atoms with Crippen molar-refractivity contribution in [3.8, 4) is 0 Å². The molecule has 8 nitrogen and oxygen atoms in total. The molecule has 2 aromatic carbocycles. The molecule has 1 fully saturated rings. The fraction of sp³-hybridized carbons (Fsp3) is 0.174. The number of amides is 2. The van der Waals surface area contributed by atoms with E-state index in [2.05, 4.69) is 20.8 Å². The van der Waals surface area contributed by atoms with Crippen molar-refractivity contribution in [3.05, 3.63) is 71.8 Å². The number of allylic oxidation sites excluding steroid dienone is 1. The third kappa shape index (κ3) is 6.92. The van der Waals surface area contributed by atoms with Gasteiger partial charge in [0.05, 0.1) is 12.2 Å². The molecule has 0 radical (unpaired) electrons. The van der Waals surface area contributed by atoms with Crippen molar-refractivity contribution in [1.82, 2.24) is 5.32 Å². The quantitative estimate of drug-likeness (QED) is 0.364. The maximum absolute atomic E-state index is 12.3. The Balaban J connectivity index is 1.48. The minimum absolute atomic E-state index is 0.0211. The highest BCUT2D eigenvalue weighted by Gasteiger charge is 2.32. The molecule has 2 amide bonds. The SMILES string of the molecule is CCOC(=O)c1ccc(NC(=O)CC2S\C(=N/N=C\C=C\c3ccccc3)NC2=O)cc1. The molecule has 1 unspecified atom stereocenters. The lowest BCUT2D eigenvalue weighted by molar-refractivity contribution is -0.122. The van der Waals surface area contributed by atoms with Gasteiger partial charge in [0.15, 0.2) is 5.17 Å². The number of nitrogens with one attached hydrogen (secondary N) is 2. The Labute approximate surface area is 189 Å². The van der Waals surface area contributed by atoms with E-state index >= 15 is 0 Å². The van der Waals surface area contributed by atoms with Crippen molar-refractivity contribution >= 4 is 52.7 Å². The van der Waals surface area contributed by atoms with E-state index in [4.69, 9.17) is 4.74 Å². The average molecular weight is 451 g/mol. The van der Waals surface area contributed by atoms with Crippen molar-refractivity contribution < 1.29 is 19.1 Å². The van der Waals surface area contributed by atoms with Gasteiger partial charge in [0, 0.05) is 18.3 Å². The summed E-state index contributed by atoms with van der Waals surface area (Å²) in [5.74, 6) is -1.04. The Morgan fingerprint density at radius 2 is 1.91 bits per heavy atom. The maximum atomic E-state index is 12.3. The van der Waals surface area contributed by atoms with Gasteiger partial charge in [0.2, 0.25) is 11.8 Å². The van der Waals surface area contributed by atoms with E-state index in [9.17, 15) is 14.4 Å². The highest BCUT2D eigenvalue weighted by Crippen LogP contribution is 2.23. The summed E-state index contributed by atoms with van der Waals surface area (Å²) in [6.07, 6.45) is 5.13. The van der Waals surface area contributed by atoms with E-state index in [1.165, 1.54) is 6.21 Å². The predicted molar refractivity (Wildman–Crippen MR) is 127 cm³/mol. The van der Waals surface area contributed by atoms with Gasteiger partial charge < -0.3 is 15.4 Å². The largest absolute Gasteiger partial charge is 0.462 e. The van der Waals surface area contributed by atoms with Crippen molar-refractivity contribution in [2.75, 3.05) is 11.9 Å². The molecular weight excluding hydrogens is 428 g/mol. The van der Waals surface area contributed by atoms with Crippen LogP contribution in [0.2, 0.25) is 0 Å². The molecule has 9 heteroatoms. The summed E-state index contributed by atoms with van der Waals surface area (Å²) in [6, 6.07) is 16.1. The van der Waals surface area contributed by atoms with Gasteiger partial charge in [-0.15, -0.1) is 5.10 Å². The van der Waals surface area contributed by atoms with E-state index < -0.39 is 11.2 Å². The number of ether oxygens (including phenoxy) is 1. The van der Waals surface area contributed by atoms with Crippen molar-refractivity contribution in [2.24, 2.45) is 10.2 Å². The number of carbonyl (C=O) groups excluding carboxylic acids is 3. The molecule has 1 atom stereocenters. The zero-order chi connectivity index (χ0) is 22.8. The van der Waals surface area contributed by atoms with Crippen LogP contribution in [0.4, 0.5) is 5.69 Å². The summed E-state index contributed by atoms with van der Waals surface area (Å²) in [4.78, 5) is 36.1. The topological polar surface area (TPSA) is 109 Å². The highest BCUT2D eigenvalue weighted by atomic mass is 32.2. The summed E-state index contributed by atoms with van der Waals surface area (Å²) < 4.78 is 4.92. The number of nitrogens with zero attached hydrogens (tertiary/aromatic N) is 2. The van der Waals surface area contributed by atoms with E-state index in [0.717, 1.165) is 17.3 Å². The van der Waals surface area contributed by atoms with Crippen LogP contribution in [0.15, 0.2) is 70.9 Å². The number of hydrogen-bond donors (Lipinski definition) is 2. The molecule has 1 aliphatic rings. The number of thioether (sulfide) groups is 1. The van der Waals surface area contributed by atoms with E-state index in [1.54, 1.807) is 37.3 Å². The van der Waals surface area contributed by atoms with Crippen molar-refractivity contribution in [2.45, 2.75) is 18.6 Å². The summed E-state index contributed by atoms with van der Waals surface area (Å²) in [7, 11) is 0. The Hall–Kier alpha value is -3.72. The monoisotopic (exact) mass is 450 g/mol. The molecule has 164 valence electrons. The number of amidine groups is 1. The fourth-order valence-corrected chi connectivity index (χ4v) is 3.64. The molecule has 32 heavy (non-hydrogen) atoms.